The van der Waals surface area contributed by atoms with Crippen LogP contribution in [0, 0.1) is 0 Å². The lowest BCUT2D eigenvalue weighted by molar-refractivity contribution is -0.129. The second kappa shape index (κ2) is 6.53. The van der Waals surface area contributed by atoms with Crippen molar-refractivity contribution < 1.29 is 17.4 Å². The Hall–Kier alpha value is -2.16. The average molecular weight is 377 g/mol. The summed E-state index contributed by atoms with van der Waals surface area (Å²) in [5.74, 6) is 0.255. The minimum Gasteiger partial charge on any atom is -0.398 e. The molecule has 8 heteroatoms. The summed E-state index contributed by atoms with van der Waals surface area (Å²) in [6.45, 7) is 6.08. The summed E-state index contributed by atoms with van der Waals surface area (Å²) in [7, 11) is -1.14. The third-order valence-electron chi connectivity index (χ3n) is 4.03. The predicted octanol–water partition coefficient (Wildman–Crippen LogP) is 2.76. The van der Waals surface area contributed by atoms with E-state index in [2.05, 4.69) is 4.98 Å². The van der Waals surface area contributed by atoms with E-state index in [4.69, 9.17) is 9.02 Å². The quantitative estimate of drug-likeness (QED) is 0.816. The van der Waals surface area contributed by atoms with E-state index in [-0.39, 0.29) is 17.5 Å². The molecule has 0 saturated carbocycles. The standard InChI is InChI=1S/C18H23N3O4S/c1-18(2,3)21-15(13-9-7-6-8-10-13)14-11-12-19-17(16(14)24-21)25-26(22,23)20(4)5/h6-12,15H,1-5H3. The van der Waals surface area contributed by atoms with E-state index in [0.29, 0.717) is 5.75 Å². The summed E-state index contributed by atoms with van der Waals surface area (Å²) in [6, 6.07) is 11.5. The van der Waals surface area contributed by atoms with E-state index >= 15 is 0 Å². The van der Waals surface area contributed by atoms with Crippen molar-refractivity contribution in [1.82, 2.24) is 14.4 Å². The van der Waals surface area contributed by atoms with Crippen molar-refractivity contribution in [2.24, 2.45) is 0 Å². The Balaban J connectivity index is 2.11. The normalized spacial score (nSPS) is 17.8. The molecule has 140 valence electrons. The molecule has 0 radical (unpaired) electrons. The third kappa shape index (κ3) is 3.40. The average Bonchev–Trinajstić information content (AvgIpc) is 2.96. The number of benzene rings is 1. The molecule has 1 atom stereocenters. The van der Waals surface area contributed by atoms with E-state index < -0.39 is 10.3 Å². The zero-order valence-corrected chi connectivity index (χ0v) is 16.3. The molecule has 0 spiro atoms. The van der Waals surface area contributed by atoms with Gasteiger partial charge in [0, 0.05) is 31.4 Å². The number of pyridine rings is 1. The van der Waals surface area contributed by atoms with Gasteiger partial charge < -0.3 is 9.02 Å². The first-order valence-corrected chi connectivity index (χ1v) is 9.61. The Morgan fingerprint density at radius 2 is 1.81 bits per heavy atom. The van der Waals surface area contributed by atoms with Gasteiger partial charge in [0.25, 0.3) is 5.88 Å². The molecule has 0 fully saturated rings. The van der Waals surface area contributed by atoms with Crippen molar-refractivity contribution in [3.63, 3.8) is 0 Å². The van der Waals surface area contributed by atoms with E-state index in [1.165, 1.54) is 20.3 Å². The topological polar surface area (TPSA) is 72.0 Å². The van der Waals surface area contributed by atoms with Crippen LogP contribution in [-0.2, 0) is 10.3 Å². The highest BCUT2D eigenvalue weighted by molar-refractivity contribution is 7.84. The number of hydrogen-bond donors (Lipinski definition) is 0. The molecule has 2 heterocycles. The molecular formula is C18H23N3O4S. The number of aromatic nitrogens is 1. The fourth-order valence-electron chi connectivity index (χ4n) is 2.74. The van der Waals surface area contributed by atoms with Crippen LogP contribution in [0.1, 0.15) is 37.9 Å². The summed E-state index contributed by atoms with van der Waals surface area (Å²) in [5, 5.41) is 1.84. The molecule has 0 bridgehead atoms. The smallest absolute Gasteiger partial charge is 0.386 e. The lowest BCUT2D eigenvalue weighted by Crippen LogP contribution is -2.43. The Bertz CT molecular complexity index is 892. The molecule has 26 heavy (non-hydrogen) atoms. The highest BCUT2D eigenvalue weighted by atomic mass is 32.2. The molecule has 1 aromatic heterocycles. The largest absolute Gasteiger partial charge is 0.398 e. The summed E-state index contributed by atoms with van der Waals surface area (Å²) in [5.41, 5.74) is 1.51. The third-order valence-corrected chi connectivity index (χ3v) is 5.29. The summed E-state index contributed by atoms with van der Waals surface area (Å²) in [6.07, 6.45) is 1.53. The summed E-state index contributed by atoms with van der Waals surface area (Å²) < 4.78 is 30.4. The first kappa shape index (κ1) is 18.6. The van der Waals surface area contributed by atoms with Gasteiger partial charge in [0.15, 0.2) is 0 Å². The fraction of sp³-hybridized carbons (Fsp3) is 0.389. The van der Waals surface area contributed by atoms with Gasteiger partial charge in [0.2, 0.25) is 5.75 Å². The van der Waals surface area contributed by atoms with Gasteiger partial charge in [0.05, 0.1) is 0 Å². The highest BCUT2D eigenvalue weighted by Crippen LogP contribution is 2.48. The maximum Gasteiger partial charge on any atom is 0.386 e. The summed E-state index contributed by atoms with van der Waals surface area (Å²) >= 11 is 0. The van der Waals surface area contributed by atoms with Crippen molar-refractivity contribution in [2.75, 3.05) is 14.1 Å². The predicted molar refractivity (Wildman–Crippen MR) is 98.0 cm³/mol. The number of nitrogens with zero attached hydrogens (tertiary/aromatic N) is 3. The Morgan fingerprint density at radius 3 is 2.38 bits per heavy atom. The zero-order valence-electron chi connectivity index (χ0n) is 15.5. The maximum absolute atomic E-state index is 12.1. The first-order chi connectivity index (χ1) is 12.1. The highest BCUT2D eigenvalue weighted by Gasteiger charge is 2.43. The second-order valence-corrected chi connectivity index (χ2v) is 9.01. The number of fused-ring (bicyclic) bond motifs is 1. The van der Waals surface area contributed by atoms with Gasteiger partial charge >= 0.3 is 10.3 Å². The fourth-order valence-corrected chi connectivity index (χ4v) is 3.20. The number of hydrogen-bond acceptors (Lipinski definition) is 6. The van der Waals surface area contributed by atoms with Gasteiger partial charge in [-0.2, -0.15) is 12.7 Å². The lowest BCUT2D eigenvalue weighted by atomic mass is 9.96. The molecule has 1 aliphatic heterocycles. The van der Waals surface area contributed by atoms with E-state index in [1.807, 2.05) is 62.2 Å². The SMILES string of the molecule is CN(C)S(=O)(=O)Oc1nccc2c1ON(C(C)(C)C)C2c1ccccc1. The molecule has 7 nitrogen and oxygen atoms in total. The van der Waals surface area contributed by atoms with Crippen LogP contribution in [0.25, 0.3) is 0 Å². The van der Waals surface area contributed by atoms with E-state index in [1.54, 1.807) is 0 Å². The van der Waals surface area contributed by atoms with Gasteiger partial charge in [-0.3, -0.25) is 0 Å². The lowest BCUT2D eigenvalue weighted by Gasteiger charge is -2.34. The second-order valence-electron chi connectivity index (χ2n) is 7.26. The van der Waals surface area contributed by atoms with E-state index in [9.17, 15) is 8.42 Å². The van der Waals surface area contributed by atoms with Gasteiger partial charge in [0.1, 0.15) is 6.04 Å². The first-order valence-electron chi connectivity index (χ1n) is 8.24. The monoisotopic (exact) mass is 377 g/mol. The molecule has 1 unspecified atom stereocenters. The van der Waals surface area contributed by atoms with Crippen molar-refractivity contribution >= 4 is 10.3 Å². The van der Waals surface area contributed by atoms with Crippen LogP contribution in [0.4, 0.5) is 0 Å². The van der Waals surface area contributed by atoms with Crippen molar-refractivity contribution in [3.8, 4) is 11.6 Å². The van der Waals surface area contributed by atoms with Crippen LogP contribution in [-0.4, -0.2) is 42.4 Å². The molecule has 2 aromatic rings. The van der Waals surface area contributed by atoms with Crippen LogP contribution in [0.5, 0.6) is 11.6 Å². The molecule has 0 saturated heterocycles. The molecule has 0 amide bonds. The summed E-state index contributed by atoms with van der Waals surface area (Å²) in [4.78, 5) is 10.1. The minimum atomic E-state index is -3.94. The Kier molecular flexibility index (Phi) is 4.68. The molecule has 1 aliphatic rings. The van der Waals surface area contributed by atoms with Crippen molar-refractivity contribution in [2.45, 2.75) is 32.4 Å². The molecule has 0 aliphatic carbocycles. The van der Waals surface area contributed by atoms with Crippen molar-refractivity contribution in [1.29, 1.82) is 0 Å². The van der Waals surface area contributed by atoms with Crippen molar-refractivity contribution in [3.05, 3.63) is 53.7 Å². The number of rotatable bonds is 4. The van der Waals surface area contributed by atoms with Crippen LogP contribution >= 0.6 is 0 Å². The van der Waals surface area contributed by atoms with Gasteiger partial charge in [-0.15, -0.1) is 5.06 Å². The molecular weight excluding hydrogens is 354 g/mol. The molecule has 3 rings (SSSR count). The molecule has 0 N–H and O–H groups in total. The van der Waals surface area contributed by atoms with Gasteiger partial charge in [-0.1, -0.05) is 30.3 Å². The van der Waals surface area contributed by atoms with Gasteiger partial charge in [-0.05, 0) is 32.4 Å². The minimum absolute atomic E-state index is 0.0659. The maximum atomic E-state index is 12.1. The molecule has 1 aromatic carbocycles. The van der Waals surface area contributed by atoms with Gasteiger partial charge in [-0.25, -0.2) is 4.98 Å². The number of hydroxylamine groups is 2. The van der Waals surface area contributed by atoms with Crippen LogP contribution < -0.4 is 9.02 Å². The van der Waals surface area contributed by atoms with Crippen LogP contribution in [0.3, 0.4) is 0 Å². The zero-order chi connectivity index (χ0) is 19.1. The van der Waals surface area contributed by atoms with Crippen LogP contribution in [0.15, 0.2) is 42.6 Å². The Labute approximate surface area is 154 Å². The van der Waals surface area contributed by atoms with E-state index in [0.717, 1.165) is 15.4 Å². The Morgan fingerprint density at radius 1 is 1.15 bits per heavy atom. The van der Waals surface area contributed by atoms with Crippen LogP contribution in [0.2, 0.25) is 0 Å².